The molecule has 5 rings (SSSR count). The molecule has 0 saturated carbocycles. The highest BCUT2D eigenvalue weighted by molar-refractivity contribution is 7.21. The van der Waals surface area contributed by atoms with Gasteiger partial charge in [-0.1, -0.05) is 26.0 Å². The van der Waals surface area contributed by atoms with Gasteiger partial charge in [0.05, 0.1) is 22.3 Å². The Kier molecular flexibility index (Phi) is 9.00. The summed E-state index contributed by atoms with van der Waals surface area (Å²) in [6, 6.07) is 16.5. The van der Waals surface area contributed by atoms with E-state index >= 15 is 0 Å². The third-order valence-corrected chi connectivity index (χ3v) is 7.40. The number of aryl methyl sites for hydroxylation is 3. The number of carbonyl (C=O) groups is 3. The molecule has 1 fully saturated rings. The normalized spacial score (nSPS) is 13.2. The quantitative estimate of drug-likeness (QED) is 0.188. The van der Waals surface area contributed by atoms with Crippen LogP contribution < -0.4 is 0 Å². The number of carbonyl (C=O) groups excluding carboxylic acids is 3. The van der Waals surface area contributed by atoms with E-state index < -0.39 is 17.8 Å². The summed E-state index contributed by atoms with van der Waals surface area (Å²) >= 11 is 1.64. The molecule has 1 N–H and O–H groups in total. The first-order valence-corrected chi connectivity index (χ1v) is 13.9. The van der Waals surface area contributed by atoms with E-state index in [2.05, 4.69) is 36.2 Å². The van der Waals surface area contributed by atoms with E-state index in [0.717, 1.165) is 20.8 Å². The van der Waals surface area contributed by atoms with E-state index in [1.165, 1.54) is 17.2 Å². The second kappa shape index (κ2) is 12.6. The number of imide groups is 1. The lowest BCUT2D eigenvalue weighted by molar-refractivity contribution is -0.197. The van der Waals surface area contributed by atoms with Crippen LogP contribution in [0.1, 0.15) is 49.8 Å². The monoisotopic (exact) mass is 558 g/mol. The Bertz CT molecular complexity index is 1580. The molecule has 1 aliphatic heterocycles. The Morgan fingerprint density at radius 3 is 2.40 bits per heavy atom. The number of hydroxylamine groups is 2. The molecular weight excluding hydrogens is 528 g/mol. The van der Waals surface area contributed by atoms with Gasteiger partial charge in [-0.15, -0.1) is 21.5 Å². The number of hydrogen-bond donors (Lipinski definition) is 1. The minimum Gasteiger partial charge on any atom is -0.506 e. The number of aromatic hydroxyl groups is 1. The Morgan fingerprint density at radius 1 is 1.00 bits per heavy atom. The van der Waals surface area contributed by atoms with Crippen LogP contribution in [0.25, 0.3) is 20.8 Å². The van der Waals surface area contributed by atoms with Gasteiger partial charge in [-0.3, -0.25) is 9.59 Å². The van der Waals surface area contributed by atoms with Gasteiger partial charge in [0.2, 0.25) is 0 Å². The molecule has 0 aliphatic carbocycles. The Hall–Kier alpha value is -4.44. The fraction of sp³-hybridized carbons (Fsp3) is 0.267. The van der Waals surface area contributed by atoms with Crippen LogP contribution in [0.5, 0.6) is 5.75 Å². The molecule has 4 aromatic rings. The van der Waals surface area contributed by atoms with Crippen molar-refractivity contribution in [1.29, 1.82) is 0 Å². The van der Waals surface area contributed by atoms with Gasteiger partial charge < -0.3 is 9.94 Å². The van der Waals surface area contributed by atoms with Crippen LogP contribution in [0.2, 0.25) is 0 Å². The highest BCUT2D eigenvalue weighted by Gasteiger charge is 2.32. The number of nitrogens with zero attached hydrogens (tertiary/aromatic N) is 4. The number of fused-ring (bicyclic) bond motifs is 1. The molecule has 0 bridgehead atoms. The van der Waals surface area contributed by atoms with E-state index in [4.69, 9.17) is 9.82 Å². The van der Waals surface area contributed by atoms with E-state index in [1.54, 1.807) is 23.5 Å². The number of hydrogen-bond acceptors (Lipinski definition) is 9. The fourth-order valence-electron chi connectivity index (χ4n) is 3.99. The zero-order chi connectivity index (χ0) is 28.8. The summed E-state index contributed by atoms with van der Waals surface area (Å²) in [5.74, 6) is -1.78. The van der Waals surface area contributed by atoms with Crippen molar-refractivity contribution >= 4 is 50.7 Å². The standard InChI is InChI=1S/C28H24N4O5S.C2H6/c1-16-3-11-23-27(17(16)2)29-28(38-23)19-6-8-20(9-7-19)30-31-21-15-18(4-10-22(21)33)5-14-26(36)37-32-24(34)12-13-25(32)35;1-2/h3-4,6-11,15,33H,5,12-14H2,1-2H3;1-2H3. The molecule has 1 saturated heterocycles. The van der Waals surface area contributed by atoms with Gasteiger partial charge in [0.1, 0.15) is 16.4 Å². The molecule has 2 amide bonds. The number of thiazole rings is 1. The molecule has 1 aromatic heterocycles. The average Bonchev–Trinajstić information content (AvgIpc) is 3.54. The van der Waals surface area contributed by atoms with Crippen molar-refractivity contribution in [2.75, 3.05) is 0 Å². The zero-order valence-corrected chi connectivity index (χ0v) is 23.6. The Labute approximate surface area is 236 Å². The molecule has 0 spiro atoms. The van der Waals surface area contributed by atoms with Gasteiger partial charge in [0, 0.05) is 18.4 Å². The average molecular weight is 559 g/mol. The summed E-state index contributed by atoms with van der Waals surface area (Å²) in [5.41, 5.74) is 5.98. The smallest absolute Gasteiger partial charge is 0.333 e. The van der Waals surface area contributed by atoms with E-state index in [1.807, 2.05) is 38.1 Å². The molecule has 3 aromatic carbocycles. The van der Waals surface area contributed by atoms with Crippen molar-refractivity contribution in [3.05, 3.63) is 71.3 Å². The van der Waals surface area contributed by atoms with Gasteiger partial charge in [-0.2, -0.15) is 5.11 Å². The van der Waals surface area contributed by atoms with Crippen molar-refractivity contribution in [2.24, 2.45) is 10.2 Å². The molecule has 10 heteroatoms. The zero-order valence-electron chi connectivity index (χ0n) is 22.8. The highest BCUT2D eigenvalue weighted by atomic mass is 32.1. The lowest BCUT2D eigenvalue weighted by Crippen LogP contribution is -2.32. The number of benzene rings is 3. The SMILES string of the molecule is CC.Cc1ccc2sc(-c3ccc(N=Nc4cc(CCC(=O)ON5C(=O)CCC5=O)ccc4O)cc3)nc2c1C. The summed E-state index contributed by atoms with van der Waals surface area (Å²) in [7, 11) is 0. The van der Waals surface area contributed by atoms with E-state index in [9.17, 15) is 19.5 Å². The maximum atomic E-state index is 12.1. The number of phenolic OH excluding ortho intramolecular Hbond substituents is 1. The molecule has 9 nitrogen and oxygen atoms in total. The molecule has 1 aliphatic rings. The summed E-state index contributed by atoms with van der Waals surface area (Å²) in [6.45, 7) is 8.16. The van der Waals surface area contributed by atoms with E-state index in [0.29, 0.717) is 16.3 Å². The van der Waals surface area contributed by atoms with Crippen molar-refractivity contribution in [3.8, 4) is 16.3 Å². The van der Waals surface area contributed by atoms with Crippen LogP contribution in [0, 0.1) is 13.8 Å². The van der Waals surface area contributed by atoms with Crippen LogP contribution in [0.15, 0.2) is 64.8 Å². The minimum atomic E-state index is -0.691. The summed E-state index contributed by atoms with van der Waals surface area (Å²) in [4.78, 5) is 45.0. The van der Waals surface area contributed by atoms with Crippen LogP contribution in [0.4, 0.5) is 11.4 Å². The molecule has 40 heavy (non-hydrogen) atoms. The largest absolute Gasteiger partial charge is 0.506 e. The van der Waals surface area contributed by atoms with Gasteiger partial charge in [-0.05, 0) is 79.4 Å². The maximum absolute atomic E-state index is 12.1. The summed E-state index contributed by atoms with van der Waals surface area (Å²) in [5, 5.41) is 20.1. The third kappa shape index (κ3) is 6.40. The number of rotatable bonds is 7. The summed E-state index contributed by atoms with van der Waals surface area (Å²) in [6.07, 6.45) is 0.309. The Balaban J connectivity index is 0.00000181. The Morgan fingerprint density at radius 2 is 1.70 bits per heavy atom. The van der Waals surface area contributed by atoms with Gasteiger partial charge >= 0.3 is 5.97 Å². The number of aromatic nitrogens is 1. The molecule has 2 heterocycles. The van der Waals surface area contributed by atoms with Crippen LogP contribution in [-0.2, 0) is 25.6 Å². The lowest BCUT2D eigenvalue weighted by Gasteiger charge is -2.12. The molecule has 0 unspecified atom stereocenters. The van der Waals surface area contributed by atoms with E-state index in [-0.39, 0.29) is 37.1 Å². The minimum absolute atomic E-state index is 0.0442. The number of phenols is 1. The van der Waals surface area contributed by atoms with Gasteiger partial charge in [-0.25, -0.2) is 9.78 Å². The van der Waals surface area contributed by atoms with Crippen LogP contribution in [0.3, 0.4) is 0 Å². The molecule has 0 atom stereocenters. The van der Waals surface area contributed by atoms with Crippen LogP contribution >= 0.6 is 11.3 Å². The predicted molar refractivity (Wildman–Crippen MR) is 154 cm³/mol. The van der Waals surface area contributed by atoms with Crippen LogP contribution in [-0.4, -0.2) is 32.9 Å². The maximum Gasteiger partial charge on any atom is 0.333 e. The summed E-state index contributed by atoms with van der Waals surface area (Å²) < 4.78 is 1.15. The third-order valence-electron chi connectivity index (χ3n) is 6.33. The second-order valence-corrected chi connectivity index (χ2v) is 10.0. The number of amides is 2. The number of azo groups is 1. The first-order chi connectivity index (χ1) is 19.3. The van der Waals surface area contributed by atoms with Gasteiger partial charge in [0.15, 0.2) is 0 Å². The molecular formula is C30H30N4O5S. The van der Waals surface area contributed by atoms with Crippen molar-refractivity contribution < 1.29 is 24.3 Å². The van der Waals surface area contributed by atoms with Gasteiger partial charge in [0.25, 0.3) is 11.8 Å². The second-order valence-electron chi connectivity index (χ2n) is 8.99. The van der Waals surface area contributed by atoms with Crippen molar-refractivity contribution in [1.82, 2.24) is 10.0 Å². The topological polar surface area (TPSA) is 122 Å². The predicted octanol–water partition coefficient (Wildman–Crippen LogP) is 7.27. The first-order valence-electron chi connectivity index (χ1n) is 13.1. The fourth-order valence-corrected chi connectivity index (χ4v) is 5.02. The van der Waals surface area contributed by atoms with Crippen molar-refractivity contribution in [2.45, 2.75) is 53.4 Å². The highest BCUT2D eigenvalue weighted by Crippen LogP contribution is 2.34. The van der Waals surface area contributed by atoms with Crippen molar-refractivity contribution in [3.63, 3.8) is 0 Å². The molecule has 0 radical (unpaired) electrons. The molecule has 206 valence electrons. The first kappa shape index (κ1) is 28.6. The lowest BCUT2D eigenvalue weighted by atomic mass is 10.1.